The van der Waals surface area contributed by atoms with Crippen molar-refractivity contribution in [3.8, 4) is 0 Å². The van der Waals surface area contributed by atoms with E-state index in [4.69, 9.17) is 4.42 Å². The molecule has 0 N–H and O–H groups in total. The SMILES string of the molecule is C=CCN1C[C@@H]2CN(Cc3ccoc3)C[C@@H]2C1=O. The van der Waals surface area contributed by atoms with Crippen molar-refractivity contribution < 1.29 is 9.21 Å². The molecule has 96 valence electrons. The zero-order valence-electron chi connectivity index (χ0n) is 10.4. The minimum atomic E-state index is 0.192. The molecule has 4 heteroatoms. The summed E-state index contributed by atoms with van der Waals surface area (Å²) >= 11 is 0. The fraction of sp³-hybridized carbons (Fsp3) is 0.500. The first-order chi connectivity index (χ1) is 8.78. The van der Waals surface area contributed by atoms with Crippen molar-refractivity contribution in [2.45, 2.75) is 6.54 Å². The molecule has 0 spiro atoms. The molecule has 2 atom stereocenters. The molecule has 1 aromatic heterocycles. The molecular weight excluding hydrogens is 228 g/mol. The second-order valence-corrected chi connectivity index (χ2v) is 5.22. The molecule has 3 heterocycles. The van der Waals surface area contributed by atoms with Crippen LogP contribution in [0.25, 0.3) is 0 Å². The van der Waals surface area contributed by atoms with Gasteiger partial charge in [-0.25, -0.2) is 0 Å². The van der Waals surface area contributed by atoms with Crippen LogP contribution in [0.15, 0.2) is 35.7 Å². The zero-order valence-corrected chi connectivity index (χ0v) is 10.4. The molecule has 2 aliphatic rings. The lowest BCUT2D eigenvalue weighted by Crippen LogP contribution is -2.32. The van der Waals surface area contributed by atoms with Crippen LogP contribution in [0.5, 0.6) is 0 Å². The molecule has 2 aliphatic heterocycles. The van der Waals surface area contributed by atoms with Gasteiger partial charge in [-0.2, -0.15) is 0 Å². The maximum atomic E-state index is 12.2. The molecule has 0 saturated carbocycles. The van der Waals surface area contributed by atoms with Crippen LogP contribution in [0.3, 0.4) is 0 Å². The predicted octanol–water partition coefficient (Wildman–Crippen LogP) is 1.36. The van der Waals surface area contributed by atoms with Crippen LogP contribution in [0.4, 0.5) is 0 Å². The van der Waals surface area contributed by atoms with Gasteiger partial charge in [0, 0.05) is 44.2 Å². The highest BCUT2D eigenvalue weighted by Gasteiger charge is 2.45. The summed E-state index contributed by atoms with van der Waals surface area (Å²) < 4.78 is 5.08. The van der Waals surface area contributed by atoms with E-state index >= 15 is 0 Å². The summed E-state index contributed by atoms with van der Waals surface area (Å²) in [5.74, 6) is 0.982. The molecule has 1 aromatic rings. The van der Waals surface area contributed by atoms with Gasteiger partial charge in [-0.05, 0) is 6.07 Å². The molecule has 0 radical (unpaired) electrons. The van der Waals surface area contributed by atoms with Gasteiger partial charge in [0.05, 0.1) is 18.4 Å². The first kappa shape index (κ1) is 11.5. The van der Waals surface area contributed by atoms with Gasteiger partial charge in [-0.15, -0.1) is 6.58 Å². The number of hydrogen-bond acceptors (Lipinski definition) is 3. The third-order valence-electron chi connectivity index (χ3n) is 3.94. The molecule has 4 nitrogen and oxygen atoms in total. The summed E-state index contributed by atoms with van der Waals surface area (Å²) in [6.45, 7) is 8.05. The monoisotopic (exact) mass is 246 g/mol. The number of hydrogen-bond donors (Lipinski definition) is 0. The fourth-order valence-corrected chi connectivity index (χ4v) is 3.12. The van der Waals surface area contributed by atoms with E-state index in [1.54, 1.807) is 12.5 Å². The molecule has 1 amide bonds. The van der Waals surface area contributed by atoms with Gasteiger partial charge in [0.1, 0.15) is 0 Å². The maximum absolute atomic E-state index is 12.2. The third-order valence-corrected chi connectivity index (χ3v) is 3.94. The Kier molecular flexibility index (Phi) is 2.96. The van der Waals surface area contributed by atoms with Crippen molar-refractivity contribution in [1.29, 1.82) is 0 Å². The number of nitrogens with zero attached hydrogens (tertiary/aromatic N) is 2. The smallest absolute Gasteiger partial charge is 0.227 e. The Labute approximate surface area is 107 Å². The molecule has 18 heavy (non-hydrogen) atoms. The number of amides is 1. The normalized spacial score (nSPS) is 27.8. The third kappa shape index (κ3) is 1.97. The fourth-order valence-electron chi connectivity index (χ4n) is 3.12. The van der Waals surface area contributed by atoms with E-state index in [1.165, 1.54) is 5.56 Å². The van der Waals surface area contributed by atoms with E-state index in [0.29, 0.717) is 18.4 Å². The molecule has 0 aromatic carbocycles. The van der Waals surface area contributed by atoms with Crippen molar-refractivity contribution in [2.75, 3.05) is 26.2 Å². The molecule has 3 rings (SSSR count). The number of likely N-dealkylation sites (tertiary alicyclic amines) is 2. The van der Waals surface area contributed by atoms with E-state index in [-0.39, 0.29) is 5.92 Å². The van der Waals surface area contributed by atoms with E-state index < -0.39 is 0 Å². The molecule has 0 bridgehead atoms. The highest BCUT2D eigenvalue weighted by Crippen LogP contribution is 2.32. The Morgan fingerprint density at radius 1 is 1.44 bits per heavy atom. The Balaban J connectivity index is 1.61. The molecule has 0 aliphatic carbocycles. The van der Waals surface area contributed by atoms with Crippen LogP contribution >= 0.6 is 0 Å². The van der Waals surface area contributed by atoms with Gasteiger partial charge in [-0.1, -0.05) is 6.08 Å². The predicted molar refractivity (Wildman–Crippen MR) is 67.7 cm³/mol. The standard InChI is InChI=1S/C14H18N2O2/c1-2-4-16-8-12-7-15(9-13(12)14(16)17)6-11-3-5-18-10-11/h2-3,5,10,12-13H,1,4,6-9H2/t12-,13-/m0/s1. The van der Waals surface area contributed by atoms with E-state index in [0.717, 1.165) is 26.2 Å². The largest absolute Gasteiger partial charge is 0.472 e. The van der Waals surface area contributed by atoms with Crippen molar-refractivity contribution in [3.63, 3.8) is 0 Å². The van der Waals surface area contributed by atoms with Gasteiger partial charge in [0.15, 0.2) is 0 Å². The van der Waals surface area contributed by atoms with Gasteiger partial charge < -0.3 is 9.32 Å². The highest BCUT2D eigenvalue weighted by molar-refractivity contribution is 5.82. The molecule has 0 unspecified atom stereocenters. The van der Waals surface area contributed by atoms with Gasteiger partial charge in [0.2, 0.25) is 5.91 Å². The number of carbonyl (C=O) groups excluding carboxylic acids is 1. The van der Waals surface area contributed by atoms with Crippen molar-refractivity contribution in [1.82, 2.24) is 9.80 Å². The Morgan fingerprint density at radius 2 is 2.33 bits per heavy atom. The minimum Gasteiger partial charge on any atom is -0.472 e. The van der Waals surface area contributed by atoms with Gasteiger partial charge in [-0.3, -0.25) is 9.69 Å². The number of fused-ring (bicyclic) bond motifs is 1. The van der Waals surface area contributed by atoms with Crippen molar-refractivity contribution in [2.24, 2.45) is 11.8 Å². The average Bonchev–Trinajstić information content (AvgIpc) is 3.02. The maximum Gasteiger partial charge on any atom is 0.227 e. The molecule has 2 fully saturated rings. The van der Waals surface area contributed by atoms with Gasteiger partial charge >= 0.3 is 0 Å². The second-order valence-electron chi connectivity index (χ2n) is 5.22. The summed E-state index contributed by atoms with van der Waals surface area (Å²) in [6.07, 6.45) is 5.28. The van der Waals surface area contributed by atoms with Crippen molar-refractivity contribution >= 4 is 5.91 Å². The second kappa shape index (κ2) is 4.61. The summed E-state index contributed by atoms with van der Waals surface area (Å²) in [5, 5.41) is 0. The Hall–Kier alpha value is -1.55. The minimum absolute atomic E-state index is 0.192. The van der Waals surface area contributed by atoms with Crippen LogP contribution < -0.4 is 0 Å². The van der Waals surface area contributed by atoms with E-state index in [9.17, 15) is 4.79 Å². The quantitative estimate of drug-likeness (QED) is 0.753. The van der Waals surface area contributed by atoms with Crippen LogP contribution in [0.2, 0.25) is 0 Å². The zero-order chi connectivity index (χ0) is 12.5. The highest BCUT2D eigenvalue weighted by atomic mass is 16.3. The summed E-state index contributed by atoms with van der Waals surface area (Å²) in [6, 6.07) is 1.99. The average molecular weight is 246 g/mol. The first-order valence-electron chi connectivity index (χ1n) is 6.41. The Bertz CT molecular complexity index is 441. The van der Waals surface area contributed by atoms with Crippen LogP contribution in [0.1, 0.15) is 5.56 Å². The lowest BCUT2D eigenvalue weighted by molar-refractivity contribution is -0.130. The summed E-state index contributed by atoms with van der Waals surface area (Å²) in [7, 11) is 0. The van der Waals surface area contributed by atoms with Gasteiger partial charge in [0.25, 0.3) is 0 Å². The van der Waals surface area contributed by atoms with E-state index in [2.05, 4.69) is 11.5 Å². The topological polar surface area (TPSA) is 36.7 Å². The van der Waals surface area contributed by atoms with E-state index in [1.807, 2.05) is 17.0 Å². The summed E-state index contributed by atoms with van der Waals surface area (Å²) in [5.41, 5.74) is 1.19. The molecular formula is C14H18N2O2. The van der Waals surface area contributed by atoms with Crippen LogP contribution in [0, 0.1) is 11.8 Å². The van der Waals surface area contributed by atoms with Crippen LogP contribution in [-0.4, -0.2) is 41.9 Å². The number of carbonyl (C=O) groups is 1. The van der Waals surface area contributed by atoms with Crippen LogP contribution in [-0.2, 0) is 11.3 Å². The number of rotatable bonds is 4. The van der Waals surface area contributed by atoms with Crippen molar-refractivity contribution in [3.05, 3.63) is 36.8 Å². The Morgan fingerprint density at radius 3 is 3.00 bits per heavy atom. The lowest BCUT2D eigenvalue weighted by Gasteiger charge is -2.20. The lowest BCUT2D eigenvalue weighted by atomic mass is 10.0. The first-order valence-corrected chi connectivity index (χ1v) is 6.41. The number of furan rings is 1. The molecule has 2 saturated heterocycles. The summed E-state index contributed by atoms with van der Waals surface area (Å²) in [4.78, 5) is 16.4.